The molecular weight excluding hydrogens is 321 g/mol. The summed E-state index contributed by atoms with van der Waals surface area (Å²) in [6, 6.07) is 18.7. The summed E-state index contributed by atoms with van der Waals surface area (Å²) in [5, 5.41) is 3.90. The van der Waals surface area contributed by atoms with Gasteiger partial charge in [0.1, 0.15) is 18.2 Å². The highest BCUT2D eigenvalue weighted by atomic mass is 19.1. The quantitative estimate of drug-likeness (QED) is 0.421. The van der Waals surface area contributed by atoms with E-state index in [0.29, 0.717) is 17.2 Å². The Morgan fingerprint density at radius 2 is 1.76 bits per heavy atom. The minimum absolute atomic E-state index is 0.140. The molecule has 126 valence electrons. The number of amidine groups is 1. The van der Waals surface area contributed by atoms with Gasteiger partial charge in [-0.15, -0.1) is 0 Å². The van der Waals surface area contributed by atoms with Crippen LogP contribution in [0.1, 0.15) is 11.1 Å². The molecule has 3 aromatic rings. The molecule has 0 spiro atoms. The third-order valence-corrected chi connectivity index (χ3v) is 3.31. The Morgan fingerprint density at radius 3 is 2.52 bits per heavy atom. The van der Waals surface area contributed by atoms with Crippen molar-refractivity contribution in [1.29, 1.82) is 0 Å². The number of pyridine rings is 1. The molecule has 25 heavy (non-hydrogen) atoms. The Bertz CT molecular complexity index is 852. The number of halogens is 1. The van der Waals surface area contributed by atoms with Crippen LogP contribution >= 0.6 is 0 Å². The van der Waals surface area contributed by atoms with Gasteiger partial charge in [0.05, 0.1) is 5.56 Å². The first-order chi connectivity index (χ1) is 12.2. The molecule has 0 fully saturated rings. The molecule has 2 aromatic carbocycles. The lowest BCUT2D eigenvalue weighted by Crippen LogP contribution is -2.15. The molecule has 0 radical (unpaired) electrons. The van der Waals surface area contributed by atoms with Gasteiger partial charge >= 0.3 is 0 Å². The average molecular weight is 337 g/mol. The SMILES string of the molecule is N/C(=N/OCc1ccc(F)cc1)c1cccnc1Oc1ccccc1. The Kier molecular flexibility index (Phi) is 5.21. The largest absolute Gasteiger partial charge is 0.438 e. The molecule has 2 N–H and O–H groups in total. The monoisotopic (exact) mass is 337 g/mol. The summed E-state index contributed by atoms with van der Waals surface area (Å²) in [7, 11) is 0. The van der Waals surface area contributed by atoms with Crippen LogP contribution in [0.5, 0.6) is 11.6 Å². The van der Waals surface area contributed by atoms with Crippen LogP contribution < -0.4 is 10.5 Å². The molecule has 0 bridgehead atoms. The summed E-state index contributed by atoms with van der Waals surface area (Å²) in [5.41, 5.74) is 7.28. The maximum absolute atomic E-state index is 12.9. The highest BCUT2D eigenvalue weighted by Crippen LogP contribution is 2.22. The molecule has 3 rings (SSSR count). The van der Waals surface area contributed by atoms with Crippen LogP contribution in [0.4, 0.5) is 4.39 Å². The first-order valence-electron chi connectivity index (χ1n) is 7.60. The molecule has 1 heterocycles. The van der Waals surface area contributed by atoms with Gasteiger partial charge in [-0.2, -0.15) is 0 Å². The van der Waals surface area contributed by atoms with E-state index in [0.717, 1.165) is 5.56 Å². The molecule has 5 nitrogen and oxygen atoms in total. The van der Waals surface area contributed by atoms with Crippen molar-refractivity contribution in [2.24, 2.45) is 10.9 Å². The van der Waals surface area contributed by atoms with E-state index in [1.54, 1.807) is 30.5 Å². The average Bonchev–Trinajstić information content (AvgIpc) is 2.64. The van der Waals surface area contributed by atoms with Gasteiger partial charge in [-0.3, -0.25) is 0 Å². The van der Waals surface area contributed by atoms with Crippen molar-refractivity contribution in [3.05, 3.63) is 89.9 Å². The van der Waals surface area contributed by atoms with Gasteiger partial charge < -0.3 is 15.3 Å². The van der Waals surface area contributed by atoms with Crippen molar-refractivity contribution in [2.75, 3.05) is 0 Å². The lowest BCUT2D eigenvalue weighted by Gasteiger charge is -2.09. The van der Waals surface area contributed by atoms with Crippen LogP contribution in [0.25, 0.3) is 0 Å². The fraction of sp³-hybridized carbons (Fsp3) is 0.0526. The lowest BCUT2D eigenvalue weighted by molar-refractivity contribution is 0.130. The smallest absolute Gasteiger partial charge is 0.230 e. The molecule has 1 aromatic heterocycles. The Balaban J connectivity index is 1.70. The van der Waals surface area contributed by atoms with Crippen molar-refractivity contribution >= 4 is 5.84 Å². The van der Waals surface area contributed by atoms with Crippen LogP contribution in [0, 0.1) is 5.82 Å². The number of benzene rings is 2. The molecule has 0 atom stereocenters. The fourth-order valence-electron chi connectivity index (χ4n) is 2.07. The summed E-state index contributed by atoms with van der Waals surface area (Å²) >= 11 is 0. The van der Waals surface area contributed by atoms with Crippen molar-refractivity contribution in [3.8, 4) is 11.6 Å². The van der Waals surface area contributed by atoms with E-state index in [1.807, 2.05) is 30.3 Å². The number of para-hydroxylation sites is 1. The molecule has 0 aliphatic heterocycles. The molecule has 0 amide bonds. The second kappa shape index (κ2) is 7.92. The first kappa shape index (κ1) is 16.4. The maximum atomic E-state index is 12.9. The molecule has 0 saturated carbocycles. The van der Waals surface area contributed by atoms with E-state index in [1.165, 1.54) is 12.1 Å². The fourth-order valence-corrected chi connectivity index (χ4v) is 2.07. The van der Waals surface area contributed by atoms with E-state index in [2.05, 4.69) is 10.1 Å². The van der Waals surface area contributed by atoms with Crippen LogP contribution in [-0.2, 0) is 11.4 Å². The summed E-state index contributed by atoms with van der Waals surface area (Å²) in [6.45, 7) is 0.177. The summed E-state index contributed by atoms with van der Waals surface area (Å²) in [4.78, 5) is 9.43. The molecule has 6 heteroatoms. The predicted octanol–water partition coefficient (Wildman–Crippen LogP) is 3.85. The minimum Gasteiger partial charge on any atom is -0.438 e. The second-order valence-electron chi connectivity index (χ2n) is 5.15. The van der Waals surface area contributed by atoms with E-state index in [-0.39, 0.29) is 18.3 Å². The number of rotatable bonds is 6. The van der Waals surface area contributed by atoms with E-state index in [4.69, 9.17) is 15.3 Å². The molecular formula is C19H16FN3O2. The number of nitrogens with zero attached hydrogens (tertiary/aromatic N) is 2. The zero-order valence-electron chi connectivity index (χ0n) is 13.3. The highest BCUT2D eigenvalue weighted by molar-refractivity contribution is 5.99. The maximum Gasteiger partial charge on any atom is 0.230 e. The third kappa shape index (κ3) is 4.54. The Labute approximate surface area is 144 Å². The van der Waals surface area contributed by atoms with Gasteiger partial charge in [0.25, 0.3) is 0 Å². The number of nitrogens with two attached hydrogens (primary N) is 1. The van der Waals surface area contributed by atoms with Crippen molar-refractivity contribution in [2.45, 2.75) is 6.61 Å². The molecule has 0 aliphatic rings. The van der Waals surface area contributed by atoms with Gasteiger partial charge in [-0.1, -0.05) is 35.5 Å². The predicted molar refractivity (Wildman–Crippen MR) is 92.7 cm³/mol. The number of hydrogen-bond donors (Lipinski definition) is 1. The Morgan fingerprint density at radius 1 is 1.00 bits per heavy atom. The minimum atomic E-state index is -0.301. The van der Waals surface area contributed by atoms with Crippen LogP contribution in [0.2, 0.25) is 0 Å². The van der Waals surface area contributed by atoms with E-state index in [9.17, 15) is 4.39 Å². The normalized spacial score (nSPS) is 11.2. The zero-order valence-corrected chi connectivity index (χ0v) is 13.3. The van der Waals surface area contributed by atoms with Gasteiger partial charge in [-0.25, -0.2) is 9.37 Å². The van der Waals surface area contributed by atoms with E-state index < -0.39 is 0 Å². The molecule has 0 aliphatic carbocycles. The van der Waals surface area contributed by atoms with Gasteiger partial charge in [0.2, 0.25) is 5.88 Å². The number of ether oxygens (including phenoxy) is 1. The number of oxime groups is 1. The topological polar surface area (TPSA) is 69.7 Å². The Hall–Kier alpha value is -3.41. The van der Waals surface area contributed by atoms with Crippen molar-refractivity contribution in [3.63, 3.8) is 0 Å². The van der Waals surface area contributed by atoms with Gasteiger partial charge in [0, 0.05) is 6.20 Å². The van der Waals surface area contributed by atoms with Crippen LogP contribution in [-0.4, -0.2) is 10.8 Å². The van der Waals surface area contributed by atoms with Gasteiger partial charge in [-0.05, 0) is 42.0 Å². The number of aromatic nitrogens is 1. The summed E-state index contributed by atoms with van der Waals surface area (Å²) in [6.07, 6.45) is 1.61. The summed E-state index contributed by atoms with van der Waals surface area (Å²) < 4.78 is 18.6. The molecule has 0 unspecified atom stereocenters. The standard InChI is InChI=1S/C19H16FN3O2/c20-15-10-8-14(9-11-15)13-24-23-18(21)17-7-4-12-22-19(17)25-16-5-2-1-3-6-16/h1-12H,13H2,(H2,21,23). The highest BCUT2D eigenvalue weighted by Gasteiger charge is 2.10. The third-order valence-electron chi connectivity index (χ3n) is 3.31. The van der Waals surface area contributed by atoms with Crippen LogP contribution in [0.15, 0.2) is 78.1 Å². The number of hydrogen-bond acceptors (Lipinski definition) is 4. The van der Waals surface area contributed by atoms with Crippen molar-refractivity contribution < 1.29 is 14.0 Å². The van der Waals surface area contributed by atoms with E-state index >= 15 is 0 Å². The van der Waals surface area contributed by atoms with Gasteiger partial charge in [0.15, 0.2) is 5.84 Å². The van der Waals surface area contributed by atoms with Crippen molar-refractivity contribution in [1.82, 2.24) is 4.98 Å². The second-order valence-corrected chi connectivity index (χ2v) is 5.15. The lowest BCUT2D eigenvalue weighted by atomic mass is 10.2. The molecule has 0 saturated heterocycles. The zero-order chi connectivity index (χ0) is 17.5. The first-order valence-corrected chi connectivity index (χ1v) is 7.60. The summed E-state index contributed by atoms with van der Waals surface area (Å²) in [5.74, 6) is 0.814. The van der Waals surface area contributed by atoms with Crippen LogP contribution in [0.3, 0.4) is 0 Å².